The highest BCUT2D eigenvalue weighted by molar-refractivity contribution is 6.33. The average molecular weight is 259 g/mol. The van der Waals surface area contributed by atoms with Gasteiger partial charge in [0.25, 0.3) is 0 Å². The molecule has 3 nitrogen and oxygen atoms in total. The fraction of sp³-hybridized carbons (Fsp3) is 0.417. The Bertz CT molecular complexity index is 409. The molecule has 5 heteroatoms. The van der Waals surface area contributed by atoms with Gasteiger partial charge in [-0.25, -0.2) is 4.39 Å². The van der Waals surface area contributed by atoms with Crippen LogP contribution in [0.2, 0.25) is 5.02 Å². The molecule has 0 saturated carbocycles. The molecule has 3 N–H and O–H groups in total. The highest BCUT2D eigenvalue weighted by Gasteiger charge is 2.16. The third-order valence-electron chi connectivity index (χ3n) is 2.25. The summed E-state index contributed by atoms with van der Waals surface area (Å²) in [5, 5.41) is 2.81. The largest absolute Gasteiger partial charge is 0.323 e. The van der Waals surface area contributed by atoms with Crippen LogP contribution < -0.4 is 11.1 Å². The smallest absolute Gasteiger partial charge is 0.241 e. The van der Waals surface area contributed by atoms with Crippen molar-refractivity contribution in [1.29, 1.82) is 0 Å². The molecule has 1 atom stereocenters. The topological polar surface area (TPSA) is 55.1 Å². The van der Waals surface area contributed by atoms with Crippen molar-refractivity contribution in [2.24, 2.45) is 11.7 Å². The van der Waals surface area contributed by atoms with Crippen molar-refractivity contribution in [2.45, 2.75) is 26.3 Å². The molecule has 17 heavy (non-hydrogen) atoms. The molecule has 0 fully saturated rings. The summed E-state index contributed by atoms with van der Waals surface area (Å²) < 4.78 is 13.0. The first-order valence-electron chi connectivity index (χ1n) is 5.41. The first kappa shape index (κ1) is 13.9. The Labute approximate surface area is 105 Å². The van der Waals surface area contributed by atoms with Gasteiger partial charge in [0.05, 0.1) is 16.8 Å². The number of nitrogens with two attached hydrogens (primary N) is 1. The molecular weight excluding hydrogens is 243 g/mol. The Morgan fingerprint density at radius 1 is 1.53 bits per heavy atom. The van der Waals surface area contributed by atoms with E-state index in [9.17, 15) is 9.18 Å². The van der Waals surface area contributed by atoms with Gasteiger partial charge in [-0.15, -0.1) is 0 Å². The van der Waals surface area contributed by atoms with Gasteiger partial charge in [0, 0.05) is 0 Å². The SMILES string of the molecule is CC(C)C[C@H](N)C(=O)Nc1cc(F)ccc1Cl. The molecule has 0 bridgehead atoms. The predicted molar refractivity (Wildman–Crippen MR) is 67.5 cm³/mol. The Morgan fingerprint density at radius 3 is 2.76 bits per heavy atom. The van der Waals surface area contributed by atoms with Gasteiger partial charge in [-0.1, -0.05) is 25.4 Å². The van der Waals surface area contributed by atoms with Crippen LogP contribution in [0, 0.1) is 11.7 Å². The number of anilines is 1. The van der Waals surface area contributed by atoms with Crippen molar-refractivity contribution in [3.63, 3.8) is 0 Å². The van der Waals surface area contributed by atoms with Gasteiger partial charge in [-0.3, -0.25) is 4.79 Å². The van der Waals surface area contributed by atoms with Crippen molar-refractivity contribution in [2.75, 3.05) is 5.32 Å². The molecule has 1 amide bonds. The second kappa shape index (κ2) is 5.98. The quantitative estimate of drug-likeness (QED) is 0.873. The summed E-state index contributed by atoms with van der Waals surface area (Å²) in [4.78, 5) is 11.7. The predicted octanol–water partition coefficient (Wildman–Crippen LogP) is 2.79. The number of carbonyl (C=O) groups is 1. The lowest BCUT2D eigenvalue weighted by Crippen LogP contribution is -2.36. The third kappa shape index (κ3) is 4.32. The van der Waals surface area contributed by atoms with E-state index >= 15 is 0 Å². The Morgan fingerprint density at radius 2 is 2.18 bits per heavy atom. The molecule has 0 aromatic heterocycles. The van der Waals surface area contributed by atoms with Crippen molar-refractivity contribution in [3.05, 3.63) is 29.0 Å². The fourth-order valence-corrected chi connectivity index (χ4v) is 1.60. The monoisotopic (exact) mass is 258 g/mol. The molecule has 0 aliphatic rings. The van der Waals surface area contributed by atoms with E-state index in [0.717, 1.165) is 0 Å². The minimum atomic E-state index is -0.616. The molecule has 0 aliphatic carbocycles. The number of benzene rings is 1. The summed E-state index contributed by atoms with van der Waals surface area (Å²) in [6, 6.07) is 3.17. The van der Waals surface area contributed by atoms with Crippen LogP contribution in [0.5, 0.6) is 0 Å². The average Bonchev–Trinajstić information content (AvgIpc) is 2.22. The lowest BCUT2D eigenvalue weighted by atomic mass is 10.0. The van der Waals surface area contributed by atoms with E-state index in [2.05, 4.69) is 5.32 Å². The van der Waals surface area contributed by atoms with Crippen LogP contribution in [0.3, 0.4) is 0 Å². The van der Waals surface area contributed by atoms with Gasteiger partial charge >= 0.3 is 0 Å². The molecule has 94 valence electrons. The summed E-state index contributed by atoms with van der Waals surface area (Å²) in [7, 11) is 0. The maximum Gasteiger partial charge on any atom is 0.241 e. The molecule has 0 radical (unpaired) electrons. The number of amides is 1. The van der Waals surface area contributed by atoms with Gasteiger partial charge in [0.15, 0.2) is 0 Å². The van der Waals surface area contributed by atoms with Crippen molar-refractivity contribution in [1.82, 2.24) is 0 Å². The van der Waals surface area contributed by atoms with E-state index in [0.29, 0.717) is 12.3 Å². The van der Waals surface area contributed by atoms with Gasteiger partial charge < -0.3 is 11.1 Å². The summed E-state index contributed by atoms with van der Waals surface area (Å²) in [6.45, 7) is 3.95. The van der Waals surface area contributed by atoms with Gasteiger partial charge in [-0.05, 0) is 30.5 Å². The highest BCUT2D eigenvalue weighted by Crippen LogP contribution is 2.22. The van der Waals surface area contributed by atoms with E-state index in [1.165, 1.54) is 18.2 Å². The zero-order chi connectivity index (χ0) is 13.0. The lowest BCUT2D eigenvalue weighted by Gasteiger charge is -2.14. The Balaban J connectivity index is 2.70. The molecule has 1 aromatic rings. The summed E-state index contributed by atoms with van der Waals surface area (Å²) in [5.74, 6) is -0.493. The van der Waals surface area contributed by atoms with Gasteiger partial charge in [0.2, 0.25) is 5.91 Å². The minimum Gasteiger partial charge on any atom is -0.323 e. The van der Waals surface area contributed by atoms with Gasteiger partial charge in [0.1, 0.15) is 5.82 Å². The summed E-state index contributed by atoms with van der Waals surface area (Å²) in [6.07, 6.45) is 0.568. The molecule has 0 heterocycles. The number of hydrogen-bond donors (Lipinski definition) is 2. The summed E-state index contributed by atoms with van der Waals surface area (Å²) >= 11 is 5.83. The number of rotatable bonds is 4. The Kier molecular flexibility index (Phi) is 4.90. The third-order valence-corrected chi connectivity index (χ3v) is 2.58. The maximum atomic E-state index is 13.0. The molecule has 0 saturated heterocycles. The first-order valence-corrected chi connectivity index (χ1v) is 5.79. The van der Waals surface area contributed by atoms with Crippen molar-refractivity contribution in [3.8, 4) is 0 Å². The Hall–Kier alpha value is -1.13. The molecule has 1 rings (SSSR count). The van der Waals surface area contributed by atoms with E-state index in [-0.39, 0.29) is 16.6 Å². The lowest BCUT2D eigenvalue weighted by molar-refractivity contribution is -0.117. The van der Waals surface area contributed by atoms with Gasteiger partial charge in [-0.2, -0.15) is 0 Å². The number of nitrogens with one attached hydrogen (secondary N) is 1. The standard InChI is InChI=1S/C12H16ClFN2O/c1-7(2)5-10(15)12(17)16-11-6-8(14)3-4-9(11)13/h3-4,6-7,10H,5,15H2,1-2H3,(H,16,17)/t10-/m0/s1. The molecular formula is C12H16ClFN2O. The van der Waals surface area contributed by atoms with Crippen LogP contribution in [0.1, 0.15) is 20.3 Å². The van der Waals surface area contributed by atoms with E-state index in [4.69, 9.17) is 17.3 Å². The van der Waals surface area contributed by atoms with Crippen LogP contribution >= 0.6 is 11.6 Å². The zero-order valence-electron chi connectivity index (χ0n) is 9.84. The normalized spacial score (nSPS) is 12.6. The van der Waals surface area contributed by atoms with Crippen LogP contribution in [0.4, 0.5) is 10.1 Å². The van der Waals surface area contributed by atoms with Crippen molar-refractivity contribution < 1.29 is 9.18 Å². The van der Waals surface area contributed by atoms with Crippen LogP contribution in [0.15, 0.2) is 18.2 Å². The number of hydrogen-bond acceptors (Lipinski definition) is 2. The maximum absolute atomic E-state index is 13.0. The molecule has 0 aliphatic heterocycles. The van der Waals surface area contributed by atoms with Crippen LogP contribution in [0.25, 0.3) is 0 Å². The van der Waals surface area contributed by atoms with Crippen LogP contribution in [-0.2, 0) is 4.79 Å². The first-order chi connectivity index (χ1) is 7.90. The molecule has 1 aromatic carbocycles. The van der Waals surface area contributed by atoms with Crippen LogP contribution in [-0.4, -0.2) is 11.9 Å². The highest BCUT2D eigenvalue weighted by atomic mass is 35.5. The number of carbonyl (C=O) groups excluding carboxylic acids is 1. The fourth-order valence-electron chi connectivity index (χ4n) is 1.43. The summed E-state index contributed by atoms with van der Waals surface area (Å²) in [5.41, 5.74) is 5.95. The molecule has 0 unspecified atom stereocenters. The minimum absolute atomic E-state index is 0.246. The van der Waals surface area contributed by atoms with E-state index < -0.39 is 11.9 Å². The second-order valence-electron chi connectivity index (χ2n) is 4.35. The van der Waals surface area contributed by atoms with E-state index in [1.54, 1.807) is 0 Å². The van der Waals surface area contributed by atoms with Crippen molar-refractivity contribution >= 4 is 23.2 Å². The number of halogens is 2. The second-order valence-corrected chi connectivity index (χ2v) is 4.76. The zero-order valence-corrected chi connectivity index (χ0v) is 10.6. The molecule has 0 spiro atoms. The van der Waals surface area contributed by atoms with E-state index in [1.807, 2.05) is 13.8 Å².